The van der Waals surface area contributed by atoms with Gasteiger partial charge in [0.05, 0.1) is 9.52 Å². The van der Waals surface area contributed by atoms with Gasteiger partial charge >= 0.3 is 0 Å². The molecule has 0 aromatic heterocycles. The summed E-state index contributed by atoms with van der Waals surface area (Å²) in [6.45, 7) is 3.81. The Hall–Kier alpha value is -0.603. The second kappa shape index (κ2) is 3.87. The van der Waals surface area contributed by atoms with Gasteiger partial charge in [0.1, 0.15) is 0 Å². The molecule has 12 heavy (non-hydrogen) atoms. The van der Waals surface area contributed by atoms with Crippen LogP contribution in [-0.4, -0.2) is 19.9 Å². The molecule has 1 N–H and O–H groups in total. The predicted octanol–water partition coefficient (Wildman–Crippen LogP) is 1.08. The van der Waals surface area contributed by atoms with Crippen molar-refractivity contribution in [2.75, 3.05) is 0 Å². The van der Waals surface area contributed by atoms with Gasteiger partial charge in [0.15, 0.2) is 0 Å². The molecule has 0 fully saturated rings. The number of hydrogen-bond acceptors (Lipinski definition) is 1. The lowest BCUT2D eigenvalue weighted by Crippen LogP contribution is -2.29. The van der Waals surface area contributed by atoms with E-state index in [1.807, 2.05) is 32.0 Å². The molecule has 0 aliphatic rings. The summed E-state index contributed by atoms with van der Waals surface area (Å²) in [6.07, 6.45) is 0. The molecule has 1 aromatic carbocycles. The molecule has 1 aromatic rings. The molecular formula is C10H16OSi. The highest BCUT2D eigenvalue weighted by Gasteiger charge is 2.12. The Morgan fingerprint density at radius 1 is 1.25 bits per heavy atom. The first-order valence-electron chi connectivity index (χ1n) is 4.34. The minimum absolute atomic E-state index is 0.393. The third-order valence-corrected chi connectivity index (χ3v) is 3.92. The highest BCUT2D eigenvalue weighted by atomic mass is 28.2. The average Bonchev–Trinajstić information content (AvgIpc) is 2.02. The quantitative estimate of drug-likeness (QED) is 0.690. The summed E-state index contributed by atoms with van der Waals surface area (Å²) in [5, 5.41) is 9.13. The standard InChI is InChI=1S/C10H16OSi/c1-10(2,11)12-8-9-6-4-3-5-7-9/h3-7,11H,8,12H2,1-2H3. The van der Waals surface area contributed by atoms with Gasteiger partial charge in [-0.25, -0.2) is 0 Å². The van der Waals surface area contributed by atoms with Crippen LogP contribution < -0.4 is 0 Å². The Labute approximate surface area is 76.3 Å². The molecular weight excluding hydrogens is 164 g/mol. The van der Waals surface area contributed by atoms with Crippen LogP contribution in [0, 0.1) is 0 Å². The average molecular weight is 180 g/mol. The summed E-state index contributed by atoms with van der Waals surface area (Å²) in [5.41, 5.74) is 1.35. The van der Waals surface area contributed by atoms with Gasteiger partial charge in [0, 0.05) is 5.22 Å². The predicted molar refractivity (Wildman–Crippen MR) is 55.0 cm³/mol. The summed E-state index contributed by atoms with van der Waals surface area (Å²) in [6, 6.07) is 11.5. The van der Waals surface area contributed by atoms with Crippen molar-refractivity contribution in [1.82, 2.24) is 0 Å². The van der Waals surface area contributed by atoms with Gasteiger partial charge in [-0.2, -0.15) is 0 Å². The van der Waals surface area contributed by atoms with Gasteiger partial charge in [0.25, 0.3) is 0 Å². The van der Waals surface area contributed by atoms with E-state index in [2.05, 4.69) is 12.1 Å². The van der Waals surface area contributed by atoms with Crippen molar-refractivity contribution < 1.29 is 5.11 Å². The van der Waals surface area contributed by atoms with Gasteiger partial charge < -0.3 is 5.11 Å². The number of rotatable bonds is 3. The van der Waals surface area contributed by atoms with E-state index in [1.165, 1.54) is 5.56 Å². The van der Waals surface area contributed by atoms with E-state index >= 15 is 0 Å². The highest BCUT2D eigenvalue weighted by Crippen LogP contribution is 2.04. The molecule has 0 saturated heterocycles. The summed E-state index contributed by atoms with van der Waals surface area (Å²) >= 11 is 0. The van der Waals surface area contributed by atoms with Crippen molar-refractivity contribution in [2.24, 2.45) is 0 Å². The van der Waals surface area contributed by atoms with E-state index < -0.39 is 14.7 Å². The van der Waals surface area contributed by atoms with Crippen molar-refractivity contribution >= 4 is 9.52 Å². The summed E-state index contributed by atoms with van der Waals surface area (Å²) in [7, 11) is -0.393. The van der Waals surface area contributed by atoms with Crippen LogP contribution in [0.15, 0.2) is 30.3 Å². The van der Waals surface area contributed by atoms with Crippen molar-refractivity contribution in [3.05, 3.63) is 35.9 Å². The second-order valence-electron chi connectivity index (χ2n) is 3.80. The molecule has 1 nitrogen and oxygen atoms in total. The largest absolute Gasteiger partial charge is 0.395 e. The van der Waals surface area contributed by atoms with Crippen molar-refractivity contribution in [3.63, 3.8) is 0 Å². The zero-order valence-corrected chi connectivity index (χ0v) is 9.16. The minimum Gasteiger partial charge on any atom is -0.395 e. The Balaban J connectivity index is 2.44. The van der Waals surface area contributed by atoms with Crippen molar-refractivity contribution in [3.8, 4) is 0 Å². The number of hydrogen-bond donors (Lipinski definition) is 1. The fourth-order valence-electron chi connectivity index (χ4n) is 1.09. The molecule has 0 aliphatic heterocycles. The van der Waals surface area contributed by atoms with E-state index in [0.717, 1.165) is 6.04 Å². The highest BCUT2D eigenvalue weighted by molar-refractivity contribution is 6.38. The maximum absolute atomic E-state index is 9.54. The van der Waals surface area contributed by atoms with E-state index in [-0.39, 0.29) is 0 Å². The smallest absolute Gasteiger partial charge is 0.0627 e. The monoisotopic (exact) mass is 180 g/mol. The Kier molecular flexibility index (Phi) is 3.06. The minimum atomic E-state index is -0.407. The van der Waals surface area contributed by atoms with Crippen LogP contribution in [0.25, 0.3) is 0 Å². The van der Waals surface area contributed by atoms with Gasteiger partial charge in [-0.3, -0.25) is 0 Å². The second-order valence-corrected chi connectivity index (χ2v) is 6.53. The third kappa shape index (κ3) is 3.69. The third-order valence-electron chi connectivity index (χ3n) is 1.87. The molecule has 0 spiro atoms. The molecule has 0 unspecified atom stereocenters. The Morgan fingerprint density at radius 2 is 1.83 bits per heavy atom. The lowest BCUT2D eigenvalue weighted by molar-refractivity contribution is 0.165. The number of aliphatic hydroxyl groups is 1. The lowest BCUT2D eigenvalue weighted by atomic mass is 10.2. The molecule has 0 amide bonds. The molecule has 0 aliphatic carbocycles. The fraction of sp³-hybridized carbons (Fsp3) is 0.400. The van der Waals surface area contributed by atoms with Crippen LogP contribution in [0.3, 0.4) is 0 Å². The van der Waals surface area contributed by atoms with Crippen LogP contribution in [0.1, 0.15) is 19.4 Å². The summed E-state index contributed by atoms with van der Waals surface area (Å²) in [5.74, 6) is 0. The zero-order valence-electron chi connectivity index (χ0n) is 7.75. The van der Waals surface area contributed by atoms with E-state index in [0.29, 0.717) is 0 Å². The molecule has 1 rings (SSSR count). The Morgan fingerprint density at radius 3 is 2.33 bits per heavy atom. The molecule has 0 radical (unpaired) electrons. The van der Waals surface area contributed by atoms with Crippen molar-refractivity contribution in [2.45, 2.75) is 25.1 Å². The van der Waals surface area contributed by atoms with E-state index in [9.17, 15) is 5.11 Å². The number of benzene rings is 1. The molecule has 0 saturated carbocycles. The van der Waals surface area contributed by atoms with Crippen LogP contribution in [0.2, 0.25) is 0 Å². The maximum atomic E-state index is 9.54. The Bertz CT molecular complexity index is 225. The normalized spacial score (nSPS) is 12.6. The first-order chi connectivity index (χ1) is 5.58. The van der Waals surface area contributed by atoms with Gasteiger partial charge in [-0.05, 0) is 19.9 Å². The first kappa shape index (κ1) is 9.48. The summed E-state index contributed by atoms with van der Waals surface area (Å²) in [4.78, 5) is 0. The molecule has 2 heteroatoms. The molecule has 66 valence electrons. The van der Waals surface area contributed by atoms with Crippen LogP contribution >= 0.6 is 0 Å². The van der Waals surface area contributed by atoms with E-state index in [4.69, 9.17) is 0 Å². The molecule has 0 atom stereocenters. The van der Waals surface area contributed by atoms with Gasteiger partial charge in [-0.15, -0.1) is 0 Å². The lowest BCUT2D eigenvalue weighted by Gasteiger charge is -2.15. The van der Waals surface area contributed by atoms with Crippen LogP contribution in [0.5, 0.6) is 0 Å². The fourth-order valence-corrected chi connectivity index (χ4v) is 2.33. The summed E-state index contributed by atoms with van der Waals surface area (Å²) < 4.78 is 0. The molecule has 0 bridgehead atoms. The van der Waals surface area contributed by atoms with Crippen molar-refractivity contribution in [1.29, 1.82) is 0 Å². The SMILES string of the molecule is CC(C)(O)[SiH2]Cc1ccccc1. The zero-order chi connectivity index (χ0) is 9.03. The topological polar surface area (TPSA) is 20.2 Å². The van der Waals surface area contributed by atoms with Gasteiger partial charge in [-0.1, -0.05) is 35.9 Å². The van der Waals surface area contributed by atoms with Gasteiger partial charge in [0.2, 0.25) is 0 Å². The van der Waals surface area contributed by atoms with Crippen LogP contribution in [0.4, 0.5) is 0 Å². The van der Waals surface area contributed by atoms with E-state index in [1.54, 1.807) is 0 Å². The van der Waals surface area contributed by atoms with Crippen LogP contribution in [-0.2, 0) is 6.04 Å². The maximum Gasteiger partial charge on any atom is 0.0627 e. The first-order valence-corrected chi connectivity index (χ1v) is 6.05. The molecule has 0 heterocycles.